The van der Waals surface area contributed by atoms with Crippen molar-refractivity contribution in [2.45, 2.75) is 19.8 Å². The standard InChI is InChI=1S/C14H13N3O/c1-8(2)13-9-3-5-15-7-10(9)12-11(17-13)4-6-16-14(12)18/h3-8,12H,1-2H3. The van der Waals surface area contributed by atoms with Crippen LogP contribution in [0.1, 0.15) is 30.9 Å². The molecule has 1 atom stereocenters. The van der Waals surface area contributed by atoms with Crippen LogP contribution < -0.4 is 0 Å². The summed E-state index contributed by atoms with van der Waals surface area (Å²) in [5, 5.41) is 0. The van der Waals surface area contributed by atoms with E-state index in [9.17, 15) is 4.79 Å². The Morgan fingerprint density at radius 1 is 1.33 bits per heavy atom. The van der Waals surface area contributed by atoms with Crippen LogP contribution in [0.3, 0.4) is 0 Å². The Hall–Kier alpha value is -2.10. The van der Waals surface area contributed by atoms with Gasteiger partial charge in [-0.1, -0.05) is 13.8 Å². The van der Waals surface area contributed by atoms with E-state index in [0.29, 0.717) is 5.92 Å². The smallest absolute Gasteiger partial charge is 0.259 e. The fourth-order valence-electron chi connectivity index (χ4n) is 2.39. The molecule has 1 amide bonds. The number of rotatable bonds is 1. The maximum absolute atomic E-state index is 11.9. The fraction of sp³-hybridized carbons (Fsp3) is 0.286. The van der Waals surface area contributed by atoms with Crippen LogP contribution in [0.15, 0.2) is 40.2 Å². The Bertz CT molecular complexity index is 611. The molecule has 0 N–H and O–H groups in total. The van der Waals surface area contributed by atoms with Crippen molar-refractivity contribution in [2.24, 2.45) is 15.9 Å². The van der Waals surface area contributed by atoms with Gasteiger partial charge in [-0.3, -0.25) is 14.8 Å². The van der Waals surface area contributed by atoms with Gasteiger partial charge in [-0.05, 0) is 23.6 Å². The summed E-state index contributed by atoms with van der Waals surface area (Å²) < 4.78 is 0. The van der Waals surface area contributed by atoms with Gasteiger partial charge in [-0.2, -0.15) is 0 Å². The summed E-state index contributed by atoms with van der Waals surface area (Å²) >= 11 is 0. The van der Waals surface area contributed by atoms with Gasteiger partial charge in [0, 0.05) is 24.2 Å². The maximum atomic E-state index is 11.9. The highest BCUT2D eigenvalue weighted by molar-refractivity contribution is 6.09. The minimum absolute atomic E-state index is 0.159. The zero-order valence-electron chi connectivity index (χ0n) is 10.3. The van der Waals surface area contributed by atoms with E-state index in [1.165, 1.54) is 6.21 Å². The van der Waals surface area contributed by atoms with Crippen LogP contribution in [0.4, 0.5) is 0 Å². The second kappa shape index (κ2) is 3.98. The molecule has 90 valence electrons. The van der Waals surface area contributed by atoms with Gasteiger partial charge in [0.15, 0.2) is 0 Å². The zero-order valence-corrected chi connectivity index (χ0v) is 10.3. The van der Waals surface area contributed by atoms with Crippen molar-refractivity contribution in [1.29, 1.82) is 0 Å². The number of carbonyl (C=O) groups excluding carboxylic acids is 1. The fourth-order valence-corrected chi connectivity index (χ4v) is 2.39. The number of dihydropyridines is 1. The van der Waals surface area contributed by atoms with E-state index in [4.69, 9.17) is 0 Å². The van der Waals surface area contributed by atoms with Gasteiger partial charge in [0.2, 0.25) is 0 Å². The van der Waals surface area contributed by atoms with Crippen LogP contribution in [0.5, 0.6) is 0 Å². The van der Waals surface area contributed by atoms with Gasteiger partial charge < -0.3 is 0 Å². The van der Waals surface area contributed by atoms with Crippen LogP contribution >= 0.6 is 0 Å². The number of pyridine rings is 1. The molecular weight excluding hydrogens is 226 g/mol. The first kappa shape index (κ1) is 11.0. The predicted molar refractivity (Wildman–Crippen MR) is 69.9 cm³/mol. The Morgan fingerprint density at radius 3 is 2.94 bits per heavy atom. The second-order valence-corrected chi connectivity index (χ2v) is 4.76. The normalized spacial score (nSPS) is 21.3. The van der Waals surface area contributed by atoms with Crippen LogP contribution in [0.2, 0.25) is 0 Å². The molecule has 0 saturated heterocycles. The summed E-state index contributed by atoms with van der Waals surface area (Å²) in [5.41, 5.74) is 3.73. The summed E-state index contributed by atoms with van der Waals surface area (Å²) in [6.07, 6.45) is 6.83. The van der Waals surface area contributed by atoms with Gasteiger partial charge in [-0.15, -0.1) is 0 Å². The first-order valence-electron chi connectivity index (χ1n) is 5.99. The van der Waals surface area contributed by atoms with Crippen molar-refractivity contribution in [2.75, 3.05) is 0 Å². The average molecular weight is 239 g/mol. The lowest BCUT2D eigenvalue weighted by Gasteiger charge is -2.27. The molecule has 3 heterocycles. The molecule has 1 aromatic rings. The highest BCUT2D eigenvalue weighted by Gasteiger charge is 2.34. The third-order valence-electron chi connectivity index (χ3n) is 3.23. The molecule has 3 rings (SSSR count). The van der Waals surface area contributed by atoms with Gasteiger partial charge >= 0.3 is 0 Å². The van der Waals surface area contributed by atoms with Crippen molar-refractivity contribution >= 4 is 17.8 Å². The number of nitrogens with zero attached hydrogens (tertiary/aromatic N) is 3. The van der Waals surface area contributed by atoms with Crippen molar-refractivity contribution < 1.29 is 4.79 Å². The summed E-state index contributed by atoms with van der Waals surface area (Å²) in [7, 11) is 0. The highest BCUT2D eigenvalue weighted by Crippen LogP contribution is 2.36. The van der Waals surface area contributed by atoms with E-state index in [0.717, 1.165) is 22.5 Å². The Labute approximate surface area is 105 Å². The zero-order chi connectivity index (χ0) is 12.7. The maximum Gasteiger partial charge on any atom is 0.259 e. The molecule has 0 bridgehead atoms. The molecule has 0 fully saturated rings. The van der Waals surface area contributed by atoms with Gasteiger partial charge in [-0.25, -0.2) is 4.99 Å². The average Bonchev–Trinajstić information content (AvgIpc) is 2.37. The quantitative estimate of drug-likeness (QED) is 0.753. The van der Waals surface area contributed by atoms with Crippen LogP contribution in [0.25, 0.3) is 0 Å². The van der Waals surface area contributed by atoms with E-state index in [1.807, 2.05) is 12.1 Å². The van der Waals surface area contributed by atoms with Gasteiger partial charge in [0.25, 0.3) is 5.91 Å². The lowest BCUT2D eigenvalue weighted by Crippen LogP contribution is -2.26. The lowest BCUT2D eigenvalue weighted by atomic mass is 9.84. The van der Waals surface area contributed by atoms with Gasteiger partial charge in [0.05, 0.1) is 11.4 Å². The number of hydrogen-bond acceptors (Lipinski definition) is 3. The van der Waals surface area contributed by atoms with Crippen molar-refractivity contribution in [3.8, 4) is 0 Å². The van der Waals surface area contributed by atoms with Gasteiger partial charge in [0.1, 0.15) is 5.92 Å². The second-order valence-electron chi connectivity index (χ2n) is 4.76. The minimum Gasteiger partial charge on any atom is -0.271 e. The molecule has 0 radical (unpaired) electrons. The monoisotopic (exact) mass is 239 g/mol. The molecule has 2 aliphatic heterocycles. The lowest BCUT2D eigenvalue weighted by molar-refractivity contribution is -0.118. The van der Waals surface area contributed by atoms with Crippen LogP contribution in [-0.2, 0) is 4.79 Å². The summed E-state index contributed by atoms with van der Waals surface area (Å²) in [6.45, 7) is 4.20. The van der Waals surface area contributed by atoms with Crippen LogP contribution in [0, 0.1) is 5.92 Å². The number of fused-ring (bicyclic) bond motifs is 3. The topological polar surface area (TPSA) is 54.7 Å². The molecule has 0 spiro atoms. The number of aromatic nitrogens is 1. The number of allylic oxidation sites excluding steroid dienone is 1. The first-order valence-corrected chi connectivity index (χ1v) is 5.99. The summed E-state index contributed by atoms with van der Waals surface area (Å²) in [5.74, 6) is -0.225. The predicted octanol–water partition coefficient (Wildman–Crippen LogP) is 2.12. The molecule has 0 aliphatic carbocycles. The number of amides is 1. The molecule has 4 nitrogen and oxygen atoms in total. The minimum atomic E-state index is -0.374. The third-order valence-corrected chi connectivity index (χ3v) is 3.23. The molecule has 18 heavy (non-hydrogen) atoms. The first-order chi connectivity index (χ1) is 8.68. The SMILES string of the molecule is CC(C)C1=NC2=CC=NC(=O)C2c2cnccc21. The Morgan fingerprint density at radius 2 is 2.17 bits per heavy atom. The molecule has 1 unspecified atom stereocenters. The van der Waals surface area contributed by atoms with E-state index in [-0.39, 0.29) is 11.8 Å². The van der Waals surface area contributed by atoms with Crippen molar-refractivity contribution in [3.05, 3.63) is 41.4 Å². The third kappa shape index (κ3) is 1.53. The summed E-state index contributed by atoms with van der Waals surface area (Å²) in [6, 6.07) is 1.93. The van der Waals surface area contributed by atoms with E-state index < -0.39 is 0 Å². The molecule has 1 aromatic heterocycles. The largest absolute Gasteiger partial charge is 0.271 e. The highest BCUT2D eigenvalue weighted by atomic mass is 16.1. The number of carbonyl (C=O) groups is 1. The molecule has 4 heteroatoms. The number of aliphatic imine (C=N–C) groups is 2. The van der Waals surface area contributed by atoms with Crippen molar-refractivity contribution in [3.63, 3.8) is 0 Å². The molecule has 0 saturated carbocycles. The van der Waals surface area contributed by atoms with E-state index in [2.05, 4.69) is 28.8 Å². The van der Waals surface area contributed by atoms with Crippen LogP contribution in [-0.4, -0.2) is 22.8 Å². The molecule has 2 aliphatic rings. The molecular formula is C14H13N3O. The number of hydrogen-bond donors (Lipinski definition) is 0. The Balaban J connectivity index is 2.25. The summed E-state index contributed by atoms with van der Waals surface area (Å²) in [4.78, 5) is 24.5. The van der Waals surface area contributed by atoms with E-state index in [1.54, 1.807) is 12.4 Å². The van der Waals surface area contributed by atoms with E-state index >= 15 is 0 Å². The van der Waals surface area contributed by atoms with Crippen molar-refractivity contribution in [1.82, 2.24) is 4.98 Å². The molecule has 0 aromatic carbocycles. The Kier molecular flexibility index (Phi) is 2.44.